The topological polar surface area (TPSA) is 51.0 Å². The molecule has 1 fully saturated rings. The number of hydrogen-bond acceptors (Lipinski definition) is 4. The highest BCUT2D eigenvalue weighted by atomic mass is 79.9. The minimum Gasteiger partial charge on any atom is -0.337 e. The van der Waals surface area contributed by atoms with Crippen LogP contribution in [0.5, 0.6) is 0 Å². The highest BCUT2D eigenvalue weighted by molar-refractivity contribution is 9.13. The maximum absolute atomic E-state index is 12.6. The van der Waals surface area contributed by atoms with Gasteiger partial charge in [-0.05, 0) is 50.8 Å². The largest absolute Gasteiger partial charge is 0.337 e. The Morgan fingerprint density at radius 2 is 2.29 bits per heavy atom. The average Bonchev–Trinajstić information content (AvgIpc) is 3.05. The van der Waals surface area contributed by atoms with E-state index in [1.807, 2.05) is 22.6 Å². The molecule has 1 aliphatic rings. The second-order valence-electron chi connectivity index (χ2n) is 5.12. The molecule has 1 atom stereocenters. The first-order chi connectivity index (χ1) is 10.1. The van der Waals surface area contributed by atoms with Crippen LogP contribution in [-0.2, 0) is 7.05 Å². The summed E-state index contributed by atoms with van der Waals surface area (Å²) in [5.41, 5.74) is 0. The van der Waals surface area contributed by atoms with E-state index in [-0.39, 0.29) is 11.8 Å². The molecule has 0 bridgehead atoms. The molecule has 0 unspecified atom stereocenters. The van der Waals surface area contributed by atoms with E-state index < -0.39 is 0 Å². The van der Waals surface area contributed by atoms with Gasteiger partial charge in [-0.25, -0.2) is 0 Å². The Labute approximate surface area is 143 Å². The summed E-state index contributed by atoms with van der Waals surface area (Å²) in [6, 6.07) is 1.88. The molecule has 5 nitrogen and oxygen atoms in total. The fourth-order valence-corrected chi connectivity index (χ4v) is 4.65. The summed E-state index contributed by atoms with van der Waals surface area (Å²) in [5.74, 6) is 1.32. The van der Waals surface area contributed by atoms with Gasteiger partial charge in [0.1, 0.15) is 12.2 Å². The molecule has 0 N–H and O–H groups in total. The molecule has 0 aliphatic carbocycles. The Balaban J connectivity index is 1.77. The van der Waals surface area contributed by atoms with Gasteiger partial charge in [0.15, 0.2) is 0 Å². The van der Waals surface area contributed by atoms with Crippen LogP contribution in [0.2, 0.25) is 0 Å². The number of carbonyl (C=O) groups excluding carboxylic acids is 1. The van der Waals surface area contributed by atoms with Crippen LogP contribution in [-0.4, -0.2) is 38.7 Å². The predicted molar refractivity (Wildman–Crippen MR) is 88.6 cm³/mol. The Morgan fingerprint density at radius 1 is 1.48 bits per heavy atom. The zero-order chi connectivity index (χ0) is 15.0. The summed E-state index contributed by atoms with van der Waals surface area (Å²) in [6.45, 7) is 1.51. The summed E-state index contributed by atoms with van der Waals surface area (Å²) in [4.78, 5) is 15.3. The van der Waals surface area contributed by atoms with Crippen LogP contribution in [0.25, 0.3) is 0 Å². The van der Waals surface area contributed by atoms with Crippen molar-refractivity contribution in [1.29, 1.82) is 0 Å². The van der Waals surface area contributed by atoms with Crippen LogP contribution in [0, 0.1) is 0 Å². The molecule has 2 aromatic rings. The SMILES string of the molecule is Cn1cnnc1[C@H]1CCCN(C(=O)c2cc(Br)c(Br)s2)C1. The average molecular weight is 434 g/mol. The standard InChI is InChI=1S/C13H14Br2N4OS/c1-18-7-16-17-12(18)8-3-2-4-19(6-8)13(20)10-5-9(14)11(15)21-10/h5,7-8H,2-4,6H2,1H3/t8-/m0/s1. The number of halogens is 2. The van der Waals surface area contributed by atoms with Crippen molar-refractivity contribution in [2.75, 3.05) is 13.1 Å². The molecule has 2 aromatic heterocycles. The van der Waals surface area contributed by atoms with Crippen LogP contribution in [0.15, 0.2) is 20.7 Å². The van der Waals surface area contributed by atoms with E-state index in [9.17, 15) is 4.79 Å². The van der Waals surface area contributed by atoms with Crippen molar-refractivity contribution in [2.45, 2.75) is 18.8 Å². The number of carbonyl (C=O) groups is 1. The summed E-state index contributed by atoms with van der Waals surface area (Å²) >= 11 is 8.34. The van der Waals surface area contributed by atoms with Crippen molar-refractivity contribution in [3.8, 4) is 0 Å². The molecule has 1 aliphatic heterocycles. The lowest BCUT2D eigenvalue weighted by molar-refractivity contribution is 0.0708. The zero-order valence-electron chi connectivity index (χ0n) is 11.4. The number of amides is 1. The first-order valence-corrected chi connectivity index (χ1v) is 9.04. The molecule has 0 spiro atoms. The number of likely N-dealkylation sites (tertiary alicyclic amines) is 1. The number of rotatable bonds is 2. The van der Waals surface area contributed by atoms with Crippen LogP contribution < -0.4 is 0 Å². The van der Waals surface area contributed by atoms with Gasteiger partial charge in [0, 0.05) is 30.5 Å². The molecule has 3 rings (SSSR count). The Hall–Kier alpha value is -0.730. The number of thiophene rings is 1. The highest BCUT2D eigenvalue weighted by Crippen LogP contribution is 2.34. The minimum absolute atomic E-state index is 0.0956. The van der Waals surface area contributed by atoms with E-state index in [1.165, 1.54) is 11.3 Å². The monoisotopic (exact) mass is 432 g/mol. The van der Waals surface area contributed by atoms with Gasteiger partial charge >= 0.3 is 0 Å². The van der Waals surface area contributed by atoms with Gasteiger partial charge in [0.2, 0.25) is 0 Å². The molecule has 1 saturated heterocycles. The molecule has 1 amide bonds. The third-order valence-electron chi connectivity index (χ3n) is 3.68. The molecule has 21 heavy (non-hydrogen) atoms. The van der Waals surface area contributed by atoms with E-state index in [0.29, 0.717) is 6.54 Å². The third-order valence-corrected chi connectivity index (χ3v) is 6.92. The molecule has 112 valence electrons. The maximum atomic E-state index is 12.6. The van der Waals surface area contributed by atoms with Crippen LogP contribution >= 0.6 is 43.2 Å². The first-order valence-electron chi connectivity index (χ1n) is 6.64. The Bertz CT molecular complexity index is 649. The van der Waals surface area contributed by atoms with Gasteiger partial charge in [-0.3, -0.25) is 4.79 Å². The van der Waals surface area contributed by atoms with Crippen LogP contribution in [0.4, 0.5) is 0 Å². The van der Waals surface area contributed by atoms with Crippen LogP contribution in [0.3, 0.4) is 0 Å². The normalized spacial score (nSPS) is 19.0. The van der Waals surface area contributed by atoms with Crippen molar-refractivity contribution in [2.24, 2.45) is 7.05 Å². The number of nitrogens with zero attached hydrogens (tertiary/aromatic N) is 4. The number of aromatic nitrogens is 3. The van der Waals surface area contributed by atoms with E-state index in [4.69, 9.17) is 0 Å². The van der Waals surface area contributed by atoms with E-state index in [0.717, 1.165) is 38.3 Å². The summed E-state index contributed by atoms with van der Waals surface area (Å²) in [5, 5.41) is 8.13. The van der Waals surface area contributed by atoms with Crippen molar-refractivity contribution >= 4 is 49.1 Å². The lowest BCUT2D eigenvalue weighted by atomic mass is 9.97. The summed E-state index contributed by atoms with van der Waals surface area (Å²) in [6.07, 6.45) is 3.76. The molecular formula is C13H14Br2N4OS. The fourth-order valence-electron chi connectivity index (χ4n) is 2.64. The molecule has 8 heteroatoms. The van der Waals surface area contributed by atoms with E-state index >= 15 is 0 Å². The second kappa shape index (κ2) is 6.18. The van der Waals surface area contributed by atoms with Crippen molar-refractivity contribution in [3.63, 3.8) is 0 Å². The predicted octanol–water partition coefficient (Wildman–Crippen LogP) is 3.42. The van der Waals surface area contributed by atoms with Gasteiger partial charge in [-0.1, -0.05) is 0 Å². The zero-order valence-corrected chi connectivity index (χ0v) is 15.4. The number of aryl methyl sites for hydroxylation is 1. The van der Waals surface area contributed by atoms with Gasteiger partial charge in [-0.15, -0.1) is 21.5 Å². The number of hydrogen-bond donors (Lipinski definition) is 0. The van der Waals surface area contributed by atoms with Gasteiger partial charge in [-0.2, -0.15) is 0 Å². The maximum Gasteiger partial charge on any atom is 0.264 e. The lowest BCUT2D eigenvalue weighted by Gasteiger charge is -2.31. The van der Waals surface area contributed by atoms with Crippen LogP contribution in [0.1, 0.15) is 34.3 Å². The first kappa shape index (κ1) is 15.2. The second-order valence-corrected chi connectivity index (χ2v) is 8.35. The molecule has 0 saturated carbocycles. The summed E-state index contributed by atoms with van der Waals surface area (Å²) in [7, 11) is 1.95. The van der Waals surface area contributed by atoms with E-state index in [1.54, 1.807) is 6.33 Å². The summed E-state index contributed by atoms with van der Waals surface area (Å²) < 4.78 is 3.82. The molecule has 3 heterocycles. The van der Waals surface area contributed by atoms with Gasteiger partial charge in [0.05, 0.1) is 8.66 Å². The number of piperidine rings is 1. The lowest BCUT2D eigenvalue weighted by Crippen LogP contribution is -2.39. The third kappa shape index (κ3) is 3.07. The van der Waals surface area contributed by atoms with Crippen molar-refractivity contribution < 1.29 is 4.79 Å². The van der Waals surface area contributed by atoms with E-state index in [2.05, 4.69) is 42.1 Å². The Morgan fingerprint density at radius 3 is 2.90 bits per heavy atom. The van der Waals surface area contributed by atoms with Gasteiger partial charge in [0.25, 0.3) is 5.91 Å². The Kier molecular flexibility index (Phi) is 4.46. The molecular weight excluding hydrogens is 420 g/mol. The molecule has 0 radical (unpaired) electrons. The highest BCUT2D eigenvalue weighted by Gasteiger charge is 2.28. The fraction of sp³-hybridized carbons (Fsp3) is 0.462. The van der Waals surface area contributed by atoms with Crippen molar-refractivity contribution in [3.05, 3.63) is 31.4 Å². The van der Waals surface area contributed by atoms with Crippen molar-refractivity contribution in [1.82, 2.24) is 19.7 Å². The minimum atomic E-state index is 0.0956. The van der Waals surface area contributed by atoms with Gasteiger partial charge < -0.3 is 9.47 Å². The quantitative estimate of drug-likeness (QED) is 0.728. The molecule has 0 aromatic carbocycles. The smallest absolute Gasteiger partial charge is 0.264 e.